The molecule has 3 rings (SSSR count). The van der Waals surface area contributed by atoms with E-state index < -0.39 is 0 Å². The highest BCUT2D eigenvalue weighted by Gasteiger charge is 2.28. The molecule has 150 valence electrons. The molecule has 0 spiro atoms. The number of H-pyrrole nitrogens is 1. The molecule has 0 radical (unpaired) electrons. The van der Waals surface area contributed by atoms with E-state index in [1.54, 1.807) is 4.90 Å². The minimum atomic E-state index is -0.114. The van der Waals surface area contributed by atoms with E-state index in [0.29, 0.717) is 37.4 Å². The number of hydrogen-bond acceptors (Lipinski definition) is 4. The topological polar surface area (TPSA) is 83.0 Å². The predicted octanol–water partition coefficient (Wildman–Crippen LogP) is 2.68. The average molecular weight is 402 g/mol. The predicted molar refractivity (Wildman–Crippen MR) is 110 cm³/mol. The minimum absolute atomic E-state index is 0.0405. The molecular formula is C20H27N5O2S. The normalized spacial score (nSPS) is 16.8. The summed E-state index contributed by atoms with van der Waals surface area (Å²) in [6.07, 6.45) is 2.02. The van der Waals surface area contributed by atoms with Crippen LogP contribution in [0.25, 0.3) is 11.4 Å². The van der Waals surface area contributed by atoms with Crippen molar-refractivity contribution in [3.05, 3.63) is 34.6 Å². The lowest BCUT2D eigenvalue weighted by Crippen LogP contribution is -2.45. The molecule has 2 amide bonds. The number of carbonyl (C=O) groups excluding carboxylic acids is 2. The summed E-state index contributed by atoms with van der Waals surface area (Å²) in [5, 5.41) is 10.0. The van der Waals surface area contributed by atoms with Crippen LogP contribution in [0.3, 0.4) is 0 Å². The number of aromatic amines is 1. The van der Waals surface area contributed by atoms with E-state index in [0.717, 1.165) is 24.2 Å². The molecule has 0 saturated carbocycles. The Labute approximate surface area is 170 Å². The van der Waals surface area contributed by atoms with Crippen LogP contribution in [0.5, 0.6) is 0 Å². The van der Waals surface area contributed by atoms with Crippen molar-refractivity contribution in [1.29, 1.82) is 0 Å². The second-order valence-electron chi connectivity index (χ2n) is 7.19. The molecule has 1 aromatic carbocycles. The van der Waals surface area contributed by atoms with Gasteiger partial charge in [0.2, 0.25) is 11.8 Å². The lowest BCUT2D eigenvalue weighted by Gasteiger charge is -2.32. The monoisotopic (exact) mass is 401 g/mol. The van der Waals surface area contributed by atoms with Gasteiger partial charge in [0.1, 0.15) is 0 Å². The van der Waals surface area contributed by atoms with Gasteiger partial charge in [0.25, 0.3) is 0 Å². The summed E-state index contributed by atoms with van der Waals surface area (Å²) in [6.45, 7) is 6.21. The number of nitrogens with zero attached hydrogens (tertiary/aromatic N) is 3. The van der Waals surface area contributed by atoms with Crippen molar-refractivity contribution in [2.45, 2.75) is 39.7 Å². The third-order valence-electron chi connectivity index (χ3n) is 5.11. The molecule has 0 bridgehead atoms. The van der Waals surface area contributed by atoms with Gasteiger partial charge in [-0.2, -0.15) is 5.10 Å². The van der Waals surface area contributed by atoms with Crippen LogP contribution in [0.4, 0.5) is 0 Å². The number of benzene rings is 1. The van der Waals surface area contributed by atoms with E-state index >= 15 is 0 Å². The zero-order valence-corrected chi connectivity index (χ0v) is 17.2. The van der Waals surface area contributed by atoms with Crippen LogP contribution in [-0.4, -0.2) is 51.1 Å². The quantitative estimate of drug-likeness (QED) is 0.729. The van der Waals surface area contributed by atoms with Gasteiger partial charge in [-0.3, -0.25) is 19.3 Å². The fraction of sp³-hybridized carbons (Fsp3) is 0.500. The molecule has 1 aromatic heterocycles. The first-order chi connectivity index (χ1) is 13.5. The first-order valence-corrected chi connectivity index (χ1v) is 10.2. The number of piperidine rings is 1. The van der Waals surface area contributed by atoms with Crippen LogP contribution in [0.2, 0.25) is 0 Å². The maximum atomic E-state index is 12.7. The number of likely N-dealkylation sites (tertiary alicyclic amines) is 1. The van der Waals surface area contributed by atoms with Gasteiger partial charge < -0.3 is 10.2 Å². The molecule has 1 aliphatic heterocycles. The van der Waals surface area contributed by atoms with Crippen molar-refractivity contribution in [2.24, 2.45) is 5.92 Å². The summed E-state index contributed by atoms with van der Waals surface area (Å²) in [5.74, 6) is 0.708. The number of rotatable bonds is 6. The number of nitrogens with one attached hydrogen (secondary N) is 2. The third kappa shape index (κ3) is 4.67. The van der Waals surface area contributed by atoms with Crippen molar-refractivity contribution >= 4 is 24.0 Å². The molecule has 2 heterocycles. The molecule has 1 fully saturated rings. The molecule has 1 unspecified atom stereocenters. The minimum Gasteiger partial charge on any atom is -0.356 e. The van der Waals surface area contributed by atoms with Crippen LogP contribution < -0.4 is 5.32 Å². The Bertz CT molecular complexity index is 887. The molecule has 1 aliphatic rings. The molecule has 7 nitrogen and oxygen atoms in total. The molecule has 28 heavy (non-hydrogen) atoms. The van der Waals surface area contributed by atoms with Gasteiger partial charge in [0.05, 0.1) is 5.92 Å². The van der Waals surface area contributed by atoms with Crippen molar-refractivity contribution in [1.82, 2.24) is 25.0 Å². The molecule has 1 saturated heterocycles. The maximum Gasteiger partial charge on any atom is 0.224 e. The molecular weight excluding hydrogens is 374 g/mol. The van der Waals surface area contributed by atoms with E-state index in [-0.39, 0.29) is 17.7 Å². The van der Waals surface area contributed by atoms with E-state index in [1.807, 2.05) is 42.7 Å². The van der Waals surface area contributed by atoms with Crippen LogP contribution in [0.1, 0.15) is 31.7 Å². The third-order valence-corrected chi connectivity index (χ3v) is 5.42. The van der Waals surface area contributed by atoms with Crippen molar-refractivity contribution in [2.75, 3.05) is 19.6 Å². The van der Waals surface area contributed by atoms with Gasteiger partial charge in [-0.25, -0.2) is 0 Å². The van der Waals surface area contributed by atoms with Gasteiger partial charge in [-0.15, -0.1) is 0 Å². The fourth-order valence-corrected chi connectivity index (χ4v) is 3.77. The van der Waals surface area contributed by atoms with Gasteiger partial charge in [0.15, 0.2) is 10.6 Å². The summed E-state index contributed by atoms with van der Waals surface area (Å²) in [5.41, 5.74) is 2.13. The van der Waals surface area contributed by atoms with Crippen LogP contribution >= 0.6 is 12.2 Å². The first kappa shape index (κ1) is 20.3. The highest BCUT2D eigenvalue weighted by atomic mass is 32.1. The van der Waals surface area contributed by atoms with Crippen LogP contribution in [0.15, 0.2) is 24.3 Å². The fourth-order valence-electron chi connectivity index (χ4n) is 3.55. The summed E-state index contributed by atoms with van der Waals surface area (Å²) in [6, 6.07) is 8.05. The second-order valence-corrected chi connectivity index (χ2v) is 7.58. The second kappa shape index (κ2) is 9.14. The lowest BCUT2D eigenvalue weighted by atomic mass is 9.97. The van der Waals surface area contributed by atoms with Gasteiger partial charge >= 0.3 is 0 Å². The van der Waals surface area contributed by atoms with E-state index in [2.05, 4.69) is 15.5 Å². The average Bonchev–Trinajstić information content (AvgIpc) is 3.07. The Kier molecular flexibility index (Phi) is 6.61. The Morgan fingerprint density at radius 3 is 2.79 bits per heavy atom. The first-order valence-electron chi connectivity index (χ1n) is 9.77. The summed E-state index contributed by atoms with van der Waals surface area (Å²) in [7, 11) is 0. The molecule has 0 aliphatic carbocycles. The smallest absolute Gasteiger partial charge is 0.224 e. The number of aryl methyl sites for hydroxylation is 1. The number of amides is 2. The highest BCUT2D eigenvalue weighted by Crippen LogP contribution is 2.20. The van der Waals surface area contributed by atoms with Crippen molar-refractivity contribution in [3.8, 4) is 11.4 Å². The molecule has 1 atom stereocenters. The van der Waals surface area contributed by atoms with Gasteiger partial charge in [-0.1, -0.05) is 29.8 Å². The Morgan fingerprint density at radius 1 is 1.32 bits per heavy atom. The van der Waals surface area contributed by atoms with Crippen molar-refractivity contribution < 1.29 is 9.59 Å². The Hall–Kier alpha value is -2.48. The van der Waals surface area contributed by atoms with E-state index in [9.17, 15) is 9.59 Å². The van der Waals surface area contributed by atoms with Crippen LogP contribution in [-0.2, 0) is 16.1 Å². The maximum absolute atomic E-state index is 12.7. The largest absolute Gasteiger partial charge is 0.356 e. The summed E-state index contributed by atoms with van der Waals surface area (Å²) in [4.78, 5) is 26.6. The van der Waals surface area contributed by atoms with E-state index in [1.165, 1.54) is 5.56 Å². The standard InChI is InChI=1S/C20H27N5O2S/c1-3-21-19(27)16-5-4-11-24(13-16)17(26)10-12-25-18(22-23-20(25)28)15-8-6-14(2)7-9-15/h6-9,16H,3-5,10-13H2,1-2H3,(H,21,27)(H,23,28). The zero-order chi connectivity index (χ0) is 20.1. The van der Waals surface area contributed by atoms with Crippen LogP contribution in [0, 0.1) is 17.6 Å². The van der Waals surface area contributed by atoms with Gasteiger partial charge in [0, 0.05) is 38.2 Å². The van der Waals surface area contributed by atoms with Gasteiger partial charge in [-0.05, 0) is 38.9 Å². The Balaban J connectivity index is 1.65. The molecule has 2 aromatic rings. The SMILES string of the molecule is CCNC(=O)C1CCCN(C(=O)CCn2c(-c3ccc(C)cc3)n[nH]c2=S)C1. The van der Waals surface area contributed by atoms with E-state index in [4.69, 9.17) is 12.2 Å². The highest BCUT2D eigenvalue weighted by molar-refractivity contribution is 7.71. The molecule has 2 N–H and O–H groups in total. The zero-order valence-electron chi connectivity index (χ0n) is 16.4. The Morgan fingerprint density at radius 2 is 2.07 bits per heavy atom. The number of aromatic nitrogens is 3. The number of hydrogen-bond donors (Lipinski definition) is 2. The number of carbonyl (C=O) groups is 2. The summed E-state index contributed by atoms with van der Waals surface area (Å²) < 4.78 is 2.37. The molecule has 8 heteroatoms. The summed E-state index contributed by atoms with van der Waals surface area (Å²) >= 11 is 5.36. The lowest BCUT2D eigenvalue weighted by molar-refractivity contribution is -0.135. The van der Waals surface area contributed by atoms with Crippen molar-refractivity contribution in [3.63, 3.8) is 0 Å².